The van der Waals surface area contributed by atoms with Crippen LogP contribution in [0, 0.1) is 0 Å². The van der Waals surface area contributed by atoms with Crippen molar-refractivity contribution in [2.75, 3.05) is 39.3 Å². The average molecular weight is 428 g/mol. The molecular formula is C27H45N3O. The van der Waals surface area contributed by atoms with Crippen LogP contribution in [0.25, 0.3) is 0 Å². The Morgan fingerprint density at radius 1 is 0.581 bits per heavy atom. The van der Waals surface area contributed by atoms with E-state index < -0.39 is 0 Å². The second kappa shape index (κ2) is 13.9. The van der Waals surface area contributed by atoms with E-state index in [1.54, 1.807) is 6.92 Å². The molecule has 31 heavy (non-hydrogen) atoms. The van der Waals surface area contributed by atoms with Crippen molar-refractivity contribution in [3.63, 3.8) is 0 Å². The lowest BCUT2D eigenvalue weighted by Crippen LogP contribution is -2.47. The molecule has 1 aromatic rings. The van der Waals surface area contributed by atoms with Crippen LogP contribution in [-0.4, -0.2) is 59.9 Å². The van der Waals surface area contributed by atoms with Crippen LogP contribution in [0.15, 0.2) is 24.3 Å². The van der Waals surface area contributed by atoms with Crippen LogP contribution in [0.2, 0.25) is 0 Å². The topological polar surface area (TPSA) is 26.8 Å². The summed E-state index contributed by atoms with van der Waals surface area (Å²) in [4.78, 5) is 18.6. The maximum atomic E-state index is 11.5. The van der Waals surface area contributed by atoms with Crippen molar-refractivity contribution >= 4 is 5.91 Å². The summed E-state index contributed by atoms with van der Waals surface area (Å²) >= 11 is 0. The molecule has 0 aromatic heterocycles. The third kappa shape index (κ3) is 9.33. The summed E-state index contributed by atoms with van der Waals surface area (Å²) in [5.41, 5.74) is 2.84. The lowest BCUT2D eigenvalue weighted by atomic mass is 10.0. The highest BCUT2D eigenvalue weighted by atomic mass is 16.2. The standard InChI is InChI=1S/C27H45N3O/c1-25(31)30-21-19-29(20-22-30)24-27-15-13-26(14-16-27)23-28-17-11-9-7-5-3-2-4-6-8-10-12-18-28/h13-16H,2-12,17-24H2,1H3. The Hall–Kier alpha value is -1.39. The van der Waals surface area contributed by atoms with E-state index in [4.69, 9.17) is 0 Å². The monoisotopic (exact) mass is 427 g/mol. The van der Waals surface area contributed by atoms with Crippen molar-refractivity contribution in [3.8, 4) is 0 Å². The molecule has 1 amide bonds. The maximum Gasteiger partial charge on any atom is 0.219 e. The second-order valence-electron chi connectivity index (χ2n) is 9.76. The summed E-state index contributed by atoms with van der Waals surface area (Å²) in [6.07, 6.45) is 15.6. The fraction of sp³-hybridized carbons (Fsp3) is 0.741. The molecule has 2 aliphatic rings. The zero-order chi connectivity index (χ0) is 21.7. The molecule has 2 saturated heterocycles. The van der Waals surface area contributed by atoms with Crippen molar-refractivity contribution in [1.82, 2.24) is 14.7 Å². The zero-order valence-corrected chi connectivity index (χ0v) is 20.0. The molecule has 3 rings (SSSR count). The van der Waals surface area contributed by atoms with Gasteiger partial charge in [-0.3, -0.25) is 14.6 Å². The van der Waals surface area contributed by atoms with Gasteiger partial charge in [0, 0.05) is 46.2 Å². The average Bonchev–Trinajstić information content (AvgIpc) is 2.78. The van der Waals surface area contributed by atoms with Gasteiger partial charge in [-0.1, -0.05) is 82.1 Å². The molecular weight excluding hydrogens is 382 g/mol. The van der Waals surface area contributed by atoms with Gasteiger partial charge in [-0.2, -0.15) is 0 Å². The van der Waals surface area contributed by atoms with Gasteiger partial charge < -0.3 is 4.90 Å². The fourth-order valence-corrected chi connectivity index (χ4v) is 5.02. The number of nitrogens with zero attached hydrogens (tertiary/aromatic N) is 3. The number of hydrogen-bond acceptors (Lipinski definition) is 3. The minimum absolute atomic E-state index is 0.205. The van der Waals surface area contributed by atoms with E-state index in [2.05, 4.69) is 34.1 Å². The molecule has 0 N–H and O–H groups in total. The molecule has 2 aliphatic heterocycles. The Morgan fingerprint density at radius 3 is 1.32 bits per heavy atom. The first kappa shape index (κ1) is 24.3. The van der Waals surface area contributed by atoms with Crippen LogP contribution in [0.1, 0.15) is 88.7 Å². The Labute approximate surface area is 191 Å². The molecule has 0 bridgehead atoms. The first-order valence-electron chi connectivity index (χ1n) is 13.0. The highest BCUT2D eigenvalue weighted by molar-refractivity contribution is 5.73. The summed E-state index contributed by atoms with van der Waals surface area (Å²) in [6.45, 7) is 9.96. The number of carbonyl (C=O) groups is 1. The SMILES string of the molecule is CC(=O)N1CCN(Cc2ccc(CN3CCCCCCCCCCCCC3)cc2)CC1. The van der Waals surface area contributed by atoms with E-state index in [1.165, 1.54) is 94.8 Å². The second-order valence-corrected chi connectivity index (χ2v) is 9.76. The van der Waals surface area contributed by atoms with E-state index in [0.717, 1.165) is 39.3 Å². The largest absolute Gasteiger partial charge is 0.340 e. The van der Waals surface area contributed by atoms with Gasteiger partial charge in [0.1, 0.15) is 0 Å². The summed E-state index contributed by atoms with van der Waals surface area (Å²) in [5.74, 6) is 0.205. The van der Waals surface area contributed by atoms with Crippen LogP contribution in [0.3, 0.4) is 0 Å². The first-order valence-corrected chi connectivity index (χ1v) is 13.0. The van der Waals surface area contributed by atoms with Crippen LogP contribution in [-0.2, 0) is 17.9 Å². The molecule has 174 valence electrons. The van der Waals surface area contributed by atoms with Crippen molar-refractivity contribution in [3.05, 3.63) is 35.4 Å². The molecule has 0 saturated carbocycles. The quantitative estimate of drug-likeness (QED) is 0.638. The van der Waals surface area contributed by atoms with E-state index in [0.29, 0.717) is 0 Å². The highest BCUT2D eigenvalue weighted by Crippen LogP contribution is 2.16. The van der Waals surface area contributed by atoms with E-state index in [-0.39, 0.29) is 5.91 Å². The number of piperazine rings is 1. The molecule has 0 aliphatic carbocycles. The van der Waals surface area contributed by atoms with Gasteiger partial charge in [-0.05, 0) is 37.1 Å². The Bertz CT molecular complexity index is 608. The van der Waals surface area contributed by atoms with Gasteiger partial charge in [0.15, 0.2) is 0 Å². The normalized spacial score (nSPS) is 21.5. The van der Waals surface area contributed by atoms with Gasteiger partial charge in [-0.25, -0.2) is 0 Å². The van der Waals surface area contributed by atoms with Crippen molar-refractivity contribution < 1.29 is 4.79 Å². The lowest BCUT2D eigenvalue weighted by molar-refractivity contribution is -0.130. The van der Waals surface area contributed by atoms with Gasteiger partial charge in [0.05, 0.1) is 0 Å². The summed E-state index contributed by atoms with van der Waals surface area (Å²) in [6, 6.07) is 9.31. The van der Waals surface area contributed by atoms with Crippen LogP contribution < -0.4 is 0 Å². The van der Waals surface area contributed by atoms with Crippen LogP contribution >= 0.6 is 0 Å². The summed E-state index contributed by atoms with van der Waals surface area (Å²) in [7, 11) is 0. The smallest absolute Gasteiger partial charge is 0.219 e. The third-order valence-electron chi connectivity index (χ3n) is 7.10. The Morgan fingerprint density at radius 2 is 0.935 bits per heavy atom. The van der Waals surface area contributed by atoms with E-state index in [1.807, 2.05) is 4.90 Å². The van der Waals surface area contributed by atoms with Gasteiger partial charge in [-0.15, -0.1) is 0 Å². The maximum absolute atomic E-state index is 11.5. The summed E-state index contributed by atoms with van der Waals surface area (Å²) in [5, 5.41) is 0. The van der Waals surface area contributed by atoms with Gasteiger partial charge >= 0.3 is 0 Å². The number of amides is 1. The minimum atomic E-state index is 0.205. The van der Waals surface area contributed by atoms with Crippen LogP contribution in [0.4, 0.5) is 0 Å². The molecule has 2 fully saturated rings. The zero-order valence-electron chi connectivity index (χ0n) is 20.0. The number of carbonyl (C=O) groups excluding carboxylic acids is 1. The predicted octanol–water partition coefficient (Wildman–Crippen LogP) is 5.46. The molecule has 0 spiro atoms. The fourth-order valence-electron chi connectivity index (χ4n) is 5.02. The predicted molar refractivity (Wildman–Crippen MR) is 130 cm³/mol. The highest BCUT2D eigenvalue weighted by Gasteiger charge is 2.18. The molecule has 1 aromatic carbocycles. The minimum Gasteiger partial charge on any atom is -0.340 e. The van der Waals surface area contributed by atoms with Crippen molar-refractivity contribution in [2.24, 2.45) is 0 Å². The number of rotatable bonds is 4. The van der Waals surface area contributed by atoms with Crippen molar-refractivity contribution in [1.29, 1.82) is 0 Å². The van der Waals surface area contributed by atoms with Crippen molar-refractivity contribution in [2.45, 2.75) is 90.6 Å². The van der Waals surface area contributed by atoms with E-state index >= 15 is 0 Å². The number of hydrogen-bond donors (Lipinski definition) is 0. The Kier molecular flexibility index (Phi) is 10.9. The van der Waals surface area contributed by atoms with Gasteiger partial charge in [0.25, 0.3) is 0 Å². The molecule has 4 nitrogen and oxygen atoms in total. The van der Waals surface area contributed by atoms with Crippen LogP contribution in [0.5, 0.6) is 0 Å². The first-order chi connectivity index (χ1) is 15.2. The summed E-state index contributed by atoms with van der Waals surface area (Å²) < 4.78 is 0. The molecule has 0 unspecified atom stereocenters. The lowest BCUT2D eigenvalue weighted by Gasteiger charge is -2.34. The Balaban J connectivity index is 1.44. The molecule has 2 heterocycles. The van der Waals surface area contributed by atoms with E-state index in [9.17, 15) is 4.79 Å². The third-order valence-corrected chi connectivity index (χ3v) is 7.10. The molecule has 4 heteroatoms. The molecule has 0 atom stereocenters. The van der Waals surface area contributed by atoms with Gasteiger partial charge in [0.2, 0.25) is 5.91 Å². The number of benzene rings is 1. The molecule has 0 radical (unpaired) electrons.